The van der Waals surface area contributed by atoms with Crippen molar-refractivity contribution >= 4 is 79.3 Å². The first kappa shape index (κ1) is 65.2. The molecule has 10 rings (SSSR count). The molecule has 0 aliphatic carbocycles. The Kier molecular flexibility index (Phi) is 28.2. The molecule has 0 unspecified atom stereocenters. The molecule has 0 aliphatic heterocycles. The molecule has 402 valence electrons. The van der Waals surface area contributed by atoms with Crippen LogP contribution in [0.1, 0.15) is 4.22 Å². The molecule has 0 spiro atoms. The molecule has 80 heavy (non-hydrogen) atoms. The molecule has 0 aliphatic rings. The number of halogens is 2. The molecular formula is C58H51ClCs2FN5O13. The topological polar surface area (TPSA) is 263 Å². The molecule has 3 N–H and O–H groups in total. The fourth-order valence-corrected chi connectivity index (χ4v) is 7.48. The summed E-state index contributed by atoms with van der Waals surface area (Å²) in [6.45, 7) is -1.15. The van der Waals surface area contributed by atoms with Crippen LogP contribution < -0.4 is 153 Å². The number of alkyl halides is 2. The molecule has 5 aromatic carbocycles. The Hall–Kier alpha value is -5.59. The molecule has 0 saturated heterocycles. The van der Waals surface area contributed by atoms with E-state index in [0.29, 0.717) is 62.2 Å². The maximum Gasteiger partial charge on any atom is 1.00 e. The number of carbonyl (C=O) groups excluding carboxylic acids is 4. The van der Waals surface area contributed by atoms with Crippen molar-refractivity contribution in [3.63, 3.8) is 0 Å². The zero-order chi connectivity index (χ0) is 56.7. The summed E-state index contributed by atoms with van der Waals surface area (Å²) in [5, 5.41) is 42.0. The predicted molar refractivity (Wildman–Crippen MR) is 292 cm³/mol. The number of phenolic OH excluding ortho intramolecular Hbond substituents is 2. The summed E-state index contributed by atoms with van der Waals surface area (Å²) in [4.78, 5) is 67.7. The van der Waals surface area contributed by atoms with Crippen LogP contribution in [0.3, 0.4) is 0 Å². The summed E-state index contributed by atoms with van der Waals surface area (Å²) in [7, 11) is 1.61. The molecule has 22 heteroatoms. The molecule has 0 amide bonds. The zero-order valence-electron chi connectivity index (χ0n) is 45.6. The van der Waals surface area contributed by atoms with Gasteiger partial charge in [0.25, 0.3) is 6.47 Å². The van der Waals surface area contributed by atoms with Crippen molar-refractivity contribution in [3.8, 4) is 68.4 Å². The second kappa shape index (κ2) is 34.6. The minimum Gasteiger partial charge on any atom is -1.00 e. The van der Waals surface area contributed by atoms with Gasteiger partial charge in [0.2, 0.25) is 0 Å². The van der Waals surface area contributed by atoms with Gasteiger partial charge in [0.1, 0.15) is 58.6 Å². The number of carbonyl (C=O) groups is 4. The molecule has 5 aromatic heterocycles. The van der Waals surface area contributed by atoms with Gasteiger partial charge in [-0.15, -0.1) is 11.6 Å². The first-order valence-corrected chi connectivity index (χ1v) is 23.6. The SMILES string of the molecule is COC(=O)CCl.COC(=O)COc1cccc2ccc(-c3cccc(-c4ccc5cccc(OCC(=O)CO)c5c4)n3)nc12.O=CO[O-].Oc1cccc2ccc(-c3cccc(-c4ccc5cccc(O)c5n4)n3)nc12.[2H]CF.[Cs+].[Cs+].[H-].[HH]. The molecule has 0 saturated carbocycles. The van der Waals surface area contributed by atoms with Gasteiger partial charge in [-0.25, -0.2) is 29.7 Å². The standard InChI is InChI=1S/C30H24N2O6.C23H15N3O2.C3H5ClO2.CH3F.CH2O3.2Cs.H2.H/c1-36-29(35)18-38-28-10-3-6-20-13-14-26(32-30(20)28)25-8-4-7-24(31-25)21-12-11-19-5-2-9-27(23(19)15-21)37-17-22(34)16-33;27-20-8-1-4-14-10-12-18(25-22(14)20)16-6-3-7-17(24-16)19-13-11-15-5-2-9-21(28)23(15)26-19;1-6-3(5)2-4;1-2;2-1-4-3;;;;/h2-15,33H,16-18H2,1H3;1-13,27-28H;2H2,1H3;1H3;1,3H;;;1H;/q;;;;;2*+1;;-1/p-1/i;;;1D;;;;;. The summed E-state index contributed by atoms with van der Waals surface area (Å²) in [6, 6.07) is 50.4. The van der Waals surface area contributed by atoms with Crippen molar-refractivity contribution in [3.05, 3.63) is 164 Å². The molecule has 0 fully saturated rings. The normalized spacial score (nSPS) is 10.2. The van der Waals surface area contributed by atoms with Crippen molar-refractivity contribution < 1.29 is 210 Å². The minimum absolute atomic E-state index is 0. The number of aromatic nitrogens is 5. The van der Waals surface area contributed by atoms with E-state index in [1.54, 1.807) is 36.4 Å². The van der Waals surface area contributed by atoms with Crippen LogP contribution in [0, 0.1) is 0 Å². The largest absolute Gasteiger partial charge is 1.00 e. The molecule has 0 bridgehead atoms. The number of benzene rings is 5. The number of nitrogens with zero attached hydrogens (tertiary/aromatic N) is 5. The molecule has 10 aromatic rings. The van der Waals surface area contributed by atoms with E-state index in [-0.39, 0.29) is 178 Å². The van der Waals surface area contributed by atoms with Gasteiger partial charge in [0, 0.05) is 28.5 Å². The number of pyridine rings is 5. The van der Waals surface area contributed by atoms with E-state index in [1.807, 2.05) is 127 Å². The summed E-state index contributed by atoms with van der Waals surface area (Å²) >= 11 is 4.98. The van der Waals surface area contributed by atoms with E-state index in [2.05, 4.69) is 24.3 Å². The molecule has 0 atom stereocenters. The van der Waals surface area contributed by atoms with Crippen molar-refractivity contribution in [2.24, 2.45) is 0 Å². The quantitative estimate of drug-likeness (QED) is 0.0492. The number of ketones is 1. The van der Waals surface area contributed by atoms with Crippen LogP contribution in [0.25, 0.3) is 88.9 Å². The van der Waals surface area contributed by atoms with E-state index in [0.717, 1.165) is 38.2 Å². The fraction of sp³-hybridized carbons (Fsp3) is 0.121. The van der Waals surface area contributed by atoms with Crippen LogP contribution in [0.2, 0.25) is 0 Å². The molecule has 0 radical (unpaired) electrons. The van der Waals surface area contributed by atoms with Crippen LogP contribution >= 0.6 is 11.6 Å². The van der Waals surface area contributed by atoms with E-state index < -0.39 is 31.5 Å². The number of aliphatic hydroxyl groups is 1. The Morgan fingerprint density at radius 3 is 1.46 bits per heavy atom. The van der Waals surface area contributed by atoms with Gasteiger partial charge < -0.3 is 45.8 Å². The Morgan fingerprint density at radius 1 is 0.588 bits per heavy atom. The average molecular weight is 1350 g/mol. The third-order valence-electron chi connectivity index (χ3n) is 11.0. The Labute approximate surface area is 584 Å². The monoisotopic (exact) mass is 1350 g/mol. The van der Waals surface area contributed by atoms with Crippen LogP contribution in [0.5, 0.6) is 23.0 Å². The van der Waals surface area contributed by atoms with Gasteiger partial charge in [0.15, 0.2) is 12.4 Å². The number of ether oxygens (including phenoxy) is 4. The van der Waals surface area contributed by atoms with E-state index >= 15 is 0 Å². The number of hydrogen-bond acceptors (Lipinski definition) is 18. The number of Topliss-reactive ketones (excluding diaryl/α,β-unsaturated/α-hetero) is 1. The van der Waals surface area contributed by atoms with Crippen molar-refractivity contribution in [1.29, 1.82) is 0 Å². The molecular weight excluding hydrogens is 1290 g/mol. The van der Waals surface area contributed by atoms with Crippen LogP contribution in [-0.4, -0.2) is 112 Å². The number of hydrogen-bond donors (Lipinski definition) is 3. The van der Waals surface area contributed by atoms with Crippen LogP contribution in [0.4, 0.5) is 4.39 Å². The van der Waals surface area contributed by atoms with E-state index in [9.17, 15) is 29.0 Å². The van der Waals surface area contributed by atoms with Crippen LogP contribution in [-0.2, 0) is 33.5 Å². The Balaban J connectivity index is 0.000000460. The third kappa shape index (κ3) is 18.5. The Bertz CT molecular complexity index is 3530. The number of rotatable bonds is 13. The third-order valence-corrected chi connectivity index (χ3v) is 11.2. The van der Waals surface area contributed by atoms with Gasteiger partial charge in [0.05, 0.1) is 62.6 Å². The summed E-state index contributed by atoms with van der Waals surface area (Å²) in [6.07, 6.45) is 0. The van der Waals surface area contributed by atoms with Crippen molar-refractivity contribution in [2.75, 3.05) is 47.1 Å². The Morgan fingerprint density at radius 2 is 0.988 bits per heavy atom. The molecule has 18 nitrogen and oxygen atoms in total. The number of aromatic hydroxyl groups is 2. The number of methoxy groups -OCH3 is 2. The van der Waals surface area contributed by atoms with Crippen LogP contribution in [0.15, 0.2) is 164 Å². The number of phenols is 2. The average Bonchev–Trinajstić information content (AvgIpc) is 3.68. The fourth-order valence-electron chi connectivity index (χ4n) is 7.37. The minimum atomic E-state index is -1.00. The van der Waals surface area contributed by atoms with Gasteiger partial charge >= 0.3 is 150 Å². The second-order valence-corrected chi connectivity index (χ2v) is 16.1. The van der Waals surface area contributed by atoms with E-state index in [1.165, 1.54) is 14.2 Å². The van der Waals surface area contributed by atoms with Crippen molar-refractivity contribution in [2.45, 2.75) is 0 Å². The maximum absolute atomic E-state index is 11.6. The van der Waals surface area contributed by atoms with Gasteiger partial charge in [-0.2, -0.15) is 0 Å². The molecule has 5 heterocycles. The number of aliphatic hydroxyl groups excluding tert-OH is 1. The maximum atomic E-state index is 11.6. The first-order valence-electron chi connectivity index (χ1n) is 23.8. The summed E-state index contributed by atoms with van der Waals surface area (Å²) < 4.78 is 35.6. The van der Waals surface area contributed by atoms with Gasteiger partial charge in [-0.1, -0.05) is 91.0 Å². The first-order chi connectivity index (χ1) is 38.4. The number of esters is 2. The summed E-state index contributed by atoms with van der Waals surface area (Å²) in [5.41, 5.74) is 7.33. The smallest absolute Gasteiger partial charge is 1.00 e. The second-order valence-electron chi connectivity index (χ2n) is 15.9. The van der Waals surface area contributed by atoms with Gasteiger partial charge in [-0.05, 0) is 78.2 Å². The van der Waals surface area contributed by atoms with Gasteiger partial charge in [-0.3, -0.25) is 18.8 Å². The number of fused-ring (bicyclic) bond motifs is 4. The summed E-state index contributed by atoms with van der Waals surface area (Å²) in [5.74, 6) is -0.00590. The van der Waals surface area contributed by atoms with Crippen molar-refractivity contribution in [1.82, 2.24) is 24.9 Å². The predicted octanol–water partition coefficient (Wildman–Crippen LogP) is 3.32. The zero-order valence-corrected chi connectivity index (χ0v) is 56.9. The number of para-hydroxylation sites is 3. The van der Waals surface area contributed by atoms with E-state index in [4.69, 9.17) is 52.6 Å².